The molecule has 6 aliphatic rings. The molecule has 0 radical (unpaired) electrons. The smallest absolute Gasteiger partial charge is 0.0801 e. The van der Waals surface area contributed by atoms with Gasteiger partial charge in [0.25, 0.3) is 0 Å². The molecule has 0 nitrogen and oxygen atoms in total. The zero-order chi connectivity index (χ0) is 33.1. The van der Waals surface area contributed by atoms with Crippen LogP contribution >= 0.6 is 0 Å². The Kier molecular flexibility index (Phi) is 6.39. The van der Waals surface area contributed by atoms with Crippen LogP contribution in [-0.4, -0.2) is 13.6 Å². The van der Waals surface area contributed by atoms with Crippen molar-refractivity contribution in [1.82, 2.24) is 0 Å². The third-order valence-corrected chi connectivity index (χ3v) is 18.6. The van der Waals surface area contributed by atoms with E-state index in [-0.39, 0.29) is 37.9 Å². The molecule has 2 saturated carbocycles. The molecule has 8 rings (SSSR count). The average Bonchev–Trinajstić information content (AvgIpc) is 3.67. The first-order valence-electron chi connectivity index (χ1n) is 17.7. The van der Waals surface area contributed by atoms with Crippen molar-refractivity contribution in [2.24, 2.45) is 37.9 Å². The second-order valence-electron chi connectivity index (χ2n) is 16.5. The summed E-state index contributed by atoms with van der Waals surface area (Å²) in [4.78, 5) is 0. The summed E-state index contributed by atoms with van der Waals surface area (Å²) < 4.78 is 0. The third-order valence-electron chi connectivity index (χ3n) is 15.9. The molecule has 0 aliphatic heterocycles. The van der Waals surface area contributed by atoms with Gasteiger partial charge in [-0.3, -0.25) is 0 Å². The number of allylic oxidation sites excluding steroid dienone is 16. The van der Waals surface area contributed by atoms with Gasteiger partial charge < -0.3 is 0 Å². The van der Waals surface area contributed by atoms with Crippen molar-refractivity contribution in [2.75, 3.05) is 0 Å². The standard InChI is InChI=1S/C46H50Si/c1-33-39(34-21-15-16-22-34)38(47(36-23-11-9-12-24-36)37-25-13-10-14-26-37)31-35-32-44(6)42(4)29-18-17-27-40(42,2)41(3)28-19-20-30-43(41,5)46(44,8)45(33,35)7/h9-21,23-31H,22,32H2,1-8H3. The van der Waals surface area contributed by atoms with Gasteiger partial charge in [0.15, 0.2) is 0 Å². The van der Waals surface area contributed by atoms with Crippen molar-refractivity contribution in [2.45, 2.75) is 68.2 Å². The highest BCUT2D eigenvalue weighted by molar-refractivity contribution is 6.95. The van der Waals surface area contributed by atoms with Crippen LogP contribution < -0.4 is 10.4 Å². The molecule has 6 aliphatic carbocycles. The van der Waals surface area contributed by atoms with Crippen molar-refractivity contribution >= 4 is 24.0 Å². The van der Waals surface area contributed by atoms with Crippen molar-refractivity contribution < 1.29 is 0 Å². The summed E-state index contributed by atoms with van der Waals surface area (Å²) in [6, 6.07) is 22.8. The van der Waals surface area contributed by atoms with Crippen molar-refractivity contribution in [1.29, 1.82) is 0 Å². The minimum Gasteiger partial charge on any atom is -0.0801 e. The monoisotopic (exact) mass is 630 g/mol. The Bertz CT molecular complexity index is 1930. The molecule has 7 atom stereocenters. The van der Waals surface area contributed by atoms with Gasteiger partial charge in [0.05, 0.1) is 8.41 Å². The van der Waals surface area contributed by atoms with Crippen molar-refractivity contribution in [3.05, 3.63) is 156 Å². The predicted molar refractivity (Wildman–Crippen MR) is 203 cm³/mol. The summed E-state index contributed by atoms with van der Waals surface area (Å²) in [5.74, 6) is 0. The van der Waals surface area contributed by atoms with Crippen LogP contribution in [0.25, 0.3) is 0 Å². The zero-order valence-corrected chi connectivity index (χ0v) is 30.6. The number of benzene rings is 2. The van der Waals surface area contributed by atoms with Crippen molar-refractivity contribution in [3.8, 4) is 0 Å². The number of hydrogen-bond acceptors (Lipinski definition) is 0. The first-order valence-corrected chi connectivity index (χ1v) is 19.2. The molecule has 0 amide bonds. The first kappa shape index (κ1) is 30.8. The minimum atomic E-state index is -1.29. The summed E-state index contributed by atoms with van der Waals surface area (Å²) in [5, 5.41) is 4.49. The Balaban J connectivity index is 1.51. The van der Waals surface area contributed by atoms with Crippen LogP contribution in [0, 0.1) is 37.9 Å². The van der Waals surface area contributed by atoms with E-state index in [2.05, 4.69) is 189 Å². The molecular formula is C46H50Si. The Labute approximate surface area is 285 Å². The van der Waals surface area contributed by atoms with Crippen LogP contribution in [0.2, 0.25) is 0 Å². The lowest BCUT2D eigenvalue weighted by Crippen LogP contribution is -2.75. The quantitative estimate of drug-likeness (QED) is 0.296. The number of hydrogen-bond donors (Lipinski definition) is 0. The second-order valence-corrected chi connectivity index (χ2v) is 19.0. The van der Waals surface area contributed by atoms with E-state index in [9.17, 15) is 0 Å². The van der Waals surface area contributed by atoms with Crippen LogP contribution in [0.1, 0.15) is 68.2 Å². The summed E-state index contributed by atoms with van der Waals surface area (Å²) in [7, 11) is -1.29. The van der Waals surface area contributed by atoms with Crippen LogP contribution in [0.15, 0.2) is 156 Å². The fourth-order valence-corrected chi connectivity index (χ4v) is 15.3. The minimum absolute atomic E-state index is 0.0170. The molecule has 1 heteroatoms. The van der Waals surface area contributed by atoms with Gasteiger partial charge in [-0.05, 0) is 57.3 Å². The highest BCUT2D eigenvalue weighted by Gasteiger charge is 2.84. The van der Waals surface area contributed by atoms with Crippen LogP contribution in [0.5, 0.6) is 0 Å². The Morgan fingerprint density at radius 1 is 0.596 bits per heavy atom. The third kappa shape index (κ3) is 3.28. The normalized spacial score (nSPS) is 40.9. The van der Waals surface area contributed by atoms with Gasteiger partial charge in [-0.1, -0.05) is 193 Å². The Hall–Kier alpha value is -3.55. The maximum Gasteiger partial charge on any atom is 0.0884 e. The van der Waals surface area contributed by atoms with E-state index in [0.29, 0.717) is 0 Å². The Morgan fingerprint density at radius 2 is 1.11 bits per heavy atom. The molecular weight excluding hydrogens is 581 g/mol. The van der Waals surface area contributed by atoms with Gasteiger partial charge in [0.2, 0.25) is 0 Å². The highest BCUT2D eigenvalue weighted by atomic mass is 28.2. The molecule has 0 N–H and O–H groups in total. The van der Waals surface area contributed by atoms with E-state index in [1.165, 1.54) is 21.5 Å². The van der Waals surface area contributed by atoms with E-state index in [1.54, 1.807) is 16.3 Å². The summed E-state index contributed by atoms with van der Waals surface area (Å²) >= 11 is 0. The molecule has 2 aromatic rings. The average molecular weight is 631 g/mol. The largest absolute Gasteiger partial charge is 0.0884 e. The number of fused-ring (bicyclic) bond motifs is 8. The van der Waals surface area contributed by atoms with Gasteiger partial charge >= 0.3 is 0 Å². The maximum atomic E-state index is 2.76. The van der Waals surface area contributed by atoms with Gasteiger partial charge in [-0.15, -0.1) is 0 Å². The highest BCUT2D eigenvalue weighted by Crippen LogP contribution is 2.89. The molecule has 0 aromatic heterocycles. The summed E-state index contributed by atoms with van der Waals surface area (Å²) in [5.41, 5.74) is 5.70. The number of rotatable bonds is 3. The maximum absolute atomic E-state index is 2.76. The second kappa shape index (κ2) is 9.76. The first-order chi connectivity index (χ1) is 22.3. The predicted octanol–water partition coefficient (Wildman–Crippen LogP) is 9.91. The van der Waals surface area contributed by atoms with E-state index >= 15 is 0 Å². The topological polar surface area (TPSA) is 0 Å². The summed E-state index contributed by atoms with van der Waals surface area (Å²) in [6.07, 6.45) is 31.7. The lowest BCUT2D eigenvalue weighted by atomic mass is 9.24. The lowest BCUT2D eigenvalue weighted by molar-refractivity contribution is -0.261. The van der Waals surface area contributed by atoms with Gasteiger partial charge in [0, 0.05) is 27.1 Å². The van der Waals surface area contributed by atoms with Gasteiger partial charge in [0.1, 0.15) is 0 Å². The molecule has 2 fully saturated rings. The van der Waals surface area contributed by atoms with Gasteiger partial charge in [-0.2, -0.15) is 0 Å². The molecule has 0 spiro atoms. The molecule has 238 valence electrons. The zero-order valence-electron chi connectivity index (χ0n) is 29.6. The molecule has 0 heterocycles. The van der Waals surface area contributed by atoms with Crippen LogP contribution in [0.4, 0.5) is 0 Å². The van der Waals surface area contributed by atoms with Gasteiger partial charge in [-0.25, -0.2) is 0 Å². The van der Waals surface area contributed by atoms with Crippen LogP contribution in [-0.2, 0) is 0 Å². The van der Waals surface area contributed by atoms with E-state index in [1.807, 2.05) is 0 Å². The van der Waals surface area contributed by atoms with E-state index in [0.717, 1.165) is 12.8 Å². The van der Waals surface area contributed by atoms with E-state index < -0.39 is 8.41 Å². The van der Waals surface area contributed by atoms with Crippen molar-refractivity contribution in [3.63, 3.8) is 0 Å². The lowest BCUT2D eigenvalue weighted by Gasteiger charge is -2.79. The molecule has 2 aromatic carbocycles. The molecule has 47 heavy (non-hydrogen) atoms. The fourth-order valence-electron chi connectivity index (χ4n) is 12.4. The Morgan fingerprint density at radius 3 is 1.64 bits per heavy atom. The molecule has 7 unspecified atom stereocenters. The fraction of sp³-hybridized carbons (Fsp3) is 0.370. The SMILES string of the molecule is CC1=C(C2=CC=CC2)C(=[Si](c2ccccc2)c2ccccc2)C=C2CC3(C)C4(C)C=CC=CC4(C)C4(C)C=CC=CC4(C)C3(C)C21C. The van der Waals surface area contributed by atoms with E-state index in [4.69, 9.17) is 0 Å². The molecule has 0 saturated heterocycles. The van der Waals surface area contributed by atoms with Crippen LogP contribution in [0.3, 0.4) is 0 Å². The summed E-state index contributed by atoms with van der Waals surface area (Å²) in [6.45, 7) is 21.0. The molecule has 0 bridgehead atoms.